The van der Waals surface area contributed by atoms with Gasteiger partial charge in [0.25, 0.3) is 0 Å². The van der Waals surface area contributed by atoms with Crippen molar-refractivity contribution in [3.05, 3.63) is 30.1 Å². The molecule has 1 aromatic rings. The van der Waals surface area contributed by atoms with E-state index in [0.29, 0.717) is 19.4 Å². The van der Waals surface area contributed by atoms with Crippen LogP contribution in [0.1, 0.15) is 44.9 Å². The Balaban J connectivity index is 1.70. The largest absolute Gasteiger partial charge is 0.342 e. The van der Waals surface area contributed by atoms with E-state index in [4.69, 9.17) is 0 Å². The zero-order valence-corrected chi connectivity index (χ0v) is 16.0. The number of hydrogen-bond acceptors (Lipinski definition) is 3. The summed E-state index contributed by atoms with van der Waals surface area (Å²) in [7, 11) is -1.85. The Kier molecular flexibility index (Phi) is 5.97. The average Bonchev–Trinajstić information content (AvgIpc) is 2.68. The molecular formula is C19H27FN2O3S. The fourth-order valence-corrected chi connectivity index (χ4v) is 5.58. The Labute approximate surface area is 155 Å². The molecule has 144 valence electrons. The van der Waals surface area contributed by atoms with Gasteiger partial charge in [0.2, 0.25) is 15.9 Å². The molecule has 0 spiro atoms. The topological polar surface area (TPSA) is 57.7 Å². The molecule has 1 aromatic carbocycles. The lowest BCUT2D eigenvalue weighted by atomic mass is 9.92. The van der Waals surface area contributed by atoms with Crippen LogP contribution < -0.4 is 0 Å². The summed E-state index contributed by atoms with van der Waals surface area (Å²) >= 11 is 0. The minimum atomic E-state index is -3.70. The van der Waals surface area contributed by atoms with Gasteiger partial charge in [-0.25, -0.2) is 12.8 Å². The highest BCUT2D eigenvalue weighted by Gasteiger charge is 2.35. The summed E-state index contributed by atoms with van der Waals surface area (Å²) < 4.78 is 40.1. The standard InChI is InChI=1S/C19H27FN2O3S/c1-21(17-7-3-2-4-8-17)19(23)15-6-5-13-22(14-15)26(24,25)18-11-9-16(20)10-12-18/h9-12,15,17H,2-8,13-14H2,1H3. The summed E-state index contributed by atoms with van der Waals surface area (Å²) in [6.07, 6.45) is 6.97. The molecule has 3 rings (SSSR count). The maximum Gasteiger partial charge on any atom is 0.243 e. The van der Waals surface area contributed by atoms with Crippen LogP contribution in [0.3, 0.4) is 0 Å². The van der Waals surface area contributed by atoms with E-state index in [2.05, 4.69) is 0 Å². The van der Waals surface area contributed by atoms with Crippen molar-refractivity contribution in [3.63, 3.8) is 0 Å². The molecule has 1 heterocycles. The Hall–Kier alpha value is -1.47. The number of amides is 1. The molecule has 0 bridgehead atoms. The van der Waals surface area contributed by atoms with Gasteiger partial charge in [-0.3, -0.25) is 4.79 Å². The summed E-state index contributed by atoms with van der Waals surface area (Å²) in [4.78, 5) is 14.8. The second kappa shape index (κ2) is 8.05. The lowest BCUT2D eigenvalue weighted by Crippen LogP contribution is -2.48. The minimum Gasteiger partial charge on any atom is -0.342 e. The van der Waals surface area contributed by atoms with Gasteiger partial charge in [-0.05, 0) is 49.9 Å². The van der Waals surface area contributed by atoms with E-state index in [9.17, 15) is 17.6 Å². The summed E-state index contributed by atoms with van der Waals surface area (Å²) in [5, 5.41) is 0. The second-order valence-electron chi connectivity index (χ2n) is 7.40. The van der Waals surface area contributed by atoms with Gasteiger partial charge in [0, 0.05) is 26.2 Å². The number of rotatable bonds is 4. The van der Waals surface area contributed by atoms with Crippen LogP contribution in [0.25, 0.3) is 0 Å². The van der Waals surface area contributed by atoms with Gasteiger partial charge in [-0.2, -0.15) is 4.31 Å². The first-order chi connectivity index (χ1) is 12.4. The van der Waals surface area contributed by atoms with Gasteiger partial charge in [-0.15, -0.1) is 0 Å². The van der Waals surface area contributed by atoms with Crippen LogP contribution in [0.4, 0.5) is 4.39 Å². The number of hydrogen-bond donors (Lipinski definition) is 0. The molecule has 0 aromatic heterocycles. The van der Waals surface area contributed by atoms with Gasteiger partial charge < -0.3 is 4.90 Å². The van der Waals surface area contributed by atoms with Crippen LogP contribution in [0.5, 0.6) is 0 Å². The van der Waals surface area contributed by atoms with Crippen molar-refractivity contribution in [2.24, 2.45) is 5.92 Å². The van der Waals surface area contributed by atoms with Gasteiger partial charge in [0.05, 0.1) is 10.8 Å². The van der Waals surface area contributed by atoms with Crippen molar-refractivity contribution in [1.82, 2.24) is 9.21 Å². The minimum absolute atomic E-state index is 0.0518. The van der Waals surface area contributed by atoms with E-state index in [0.717, 1.165) is 37.8 Å². The molecule has 0 N–H and O–H groups in total. The molecule has 2 aliphatic rings. The first-order valence-corrected chi connectivity index (χ1v) is 10.9. The molecule has 5 nitrogen and oxygen atoms in total. The Bertz CT molecular complexity index is 730. The number of halogens is 1. The number of piperidine rings is 1. The molecule has 1 aliphatic heterocycles. The third-order valence-electron chi connectivity index (χ3n) is 5.65. The normalized spacial score (nSPS) is 22.9. The van der Waals surface area contributed by atoms with E-state index in [-0.39, 0.29) is 29.3 Å². The van der Waals surface area contributed by atoms with E-state index in [1.807, 2.05) is 11.9 Å². The maximum absolute atomic E-state index is 13.1. The molecule has 7 heteroatoms. The van der Waals surface area contributed by atoms with Crippen LogP contribution in [0, 0.1) is 11.7 Å². The third-order valence-corrected chi connectivity index (χ3v) is 7.53. The quantitative estimate of drug-likeness (QED) is 0.804. The molecule has 1 atom stereocenters. The van der Waals surface area contributed by atoms with E-state index in [1.54, 1.807) is 0 Å². The fraction of sp³-hybridized carbons (Fsp3) is 0.632. The molecule has 1 aliphatic carbocycles. The predicted octanol–water partition coefficient (Wildman–Crippen LogP) is 3.02. The molecule has 26 heavy (non-hydrogen) atoms. The van der Waals surface area contributed by atoms with Gasteiger partial charge in [0.1, 0.15) is 5.82 Å². The SMILES string of the molecule is CN(C(=O)C1CCCN(S(=O)(=O)c2ccc(F)cc2)C1)C1CCCCC1. The highest BCUT2D eigenvalue weighted by Crippen LogP contribution is 2.28. The van der Waals surface area contributed by atoms with Crippen molar-refractivity contribution in [2.45, 2.75) is 55.9 Å². The first kappa shape index (κ1) is 19.3. The van der Waals surface area contributed by atoms with Crippen LogP contribution in [-0.4, -0.2) is 49.7 Å². The van der Waals surface area contributed by atoms with Crippen molar-refractivity contribution in [2.75, 3.05) is 20.1 Å². The summed E-state index contributed by atoms with van der Waals surface area (Å²) in [6, 6.07) is 5.14. The fourth-order valence-electron chi connectivity index (χ4n) is 4.05. The Morgan fingerprint density at radius 1 is 1.08 bits per heavy atom. The van der Waals surface area contributed by atoms with Gasteiger partial charge in [-0.1, -0.05) is 19.3 Å². The zero-order chi connectivity index (χ0) is 18.7. The second-order valence-corrected chi connectivity index (χ2v) is 9.34. The van der Waals surface area contributed by atoms with E-state index >= 15 is 0 Å². The van der Waals surface area contributed by atoms with Gasteiger partial charge in [0.15, 0.2) is 0 Å². The first-order valence-electron chi connectivity index (χ1n) is 9.42. The lowest BCUT2D eigenvalue weighted by Gasteiger charge is -2.37. The molecular weight excluding hydrogens is 355 g/mol. The van der Waals surface area contributed by atoms with Crippen LogP contribution >= 0.6 is 0 Å². The molecule has 1 amide bonds. The molecule has 0 radical (unpaired) electrons. The number of sulfonamides is 1. The molecule has 1 unspecified atom stereocenters. The van der Waals surface area contributed by atoms with Crippen LogP contribution in [0.2, 0.25) is 0 Å². The maximum atomic E-state index is 13.1. The average molecular weight is 383 g/mol. The predicted molar refractivity (Wildman–Crippen MR) is 97.5 cm³/mol. The highest BCUT2D eigenvalue weighted by atomic mass is 32.2. The van der Waals surface area contributed by atoms with Crippen molar-refractivity contribution >= 4 is 15.9 Å². The number of carbonyl (C=O) groups excluding carboxylic acids is 1. The zero-order valence-electron chi connectivity index (χ0n) is 15.2. The van der Waals surface area contributed by atoms with Crippen molar-refractivity contribution < 1.29 is 17.6 Å². The lowest BCUT2D eigenvalue weighted by molar-refractivity contribution is -0.138. The highest BCUT2D eigenvalue weighted by molar-refractivity contribution is 7.89. The van der Waals surface area contributed by atoms with Crippen molar-refractivity contribution in [1.29, 1.82) is 0 Å². The number of carbonyl (C=O) groups is 1. The molecule has 1 saturated carbocycles. The third kappa shape index (κ3) is 4.09. The van der Waals surface area contributed by atoms with E-state index < -0.39 is 15.8 Å². The summed E-state index contributed by atoms with van der Waals surface area (Å²) in [5.74, 6) is -0.716. The van der Waals surface area contributed by atoms with Crippen molar-refractivity contribution in [3.8, 4) is 0 Å². The monoisotopic (exact) mass is 382 g/mol. The molecule has 2 fully saturated rings. The Morgan fingerprint density at radius 2 is 1.73 bits per heavy atom. The summed E-state index contributed by atoms with van der Waals surface area (Å²) in [6.45, 7) is 0.603. The molecule has 1 saturated heterocycles. The number of benzene rings is 1. The van der Waals surface area contributed by atoms with Gasteiger partial charge >= 0.3 is 0 Å². The number of nitrogens with zero attached hydrogens (tertiary/aromatic N) is 2. The Morgan fingerprint density at radius 3 is 2.38 bits per heavy atom. The van der Waals surface area contributed by atoms with Crippen LogP contribution in [-0.2, 0) is 14.8 Å². The smallest absolute Gasteiger partial charge is 0.243 e. The van der Waals surface area contributed by atoms with E-state index in [1.165, 1.54) is 22.9 Å². The summed E-state index contributed by atoms with van der Waals surface area (Å²) in [5.41, 5.74) is 0. The van der Waals surface area contributed by atoms with Crippen LogP contribution in [0.15, 0.2) is 29.2 Å².